The number of anilines is 1. The molecule has 3 amide bonds. The van der Waals surface area contributed by atoms with E-state index in [0.29, 0.717) is 18.8 Å². The van der Waals surface area contributed by atoms with Crippen molar-refractivity contribution >= 4 is 33.4 Å². The van der Waals surface area contributed by atoms with Gasteiger partial charge in [0.1, 0.15) is 6.54 Å². The lowest BCUT2D eigenvalue weighted by atomic mass is 9.85. The van der Waals surface area contributed by atoms with E-state index >= 15 is 0 Å². The number of benzene rings is 1. The number of nitrogens with zero attached hydrogens (tertiary/aromatic N) is 2. The minimum absolute atomic E-state index is 0.105. The molecule has 2 aliphatic heterocycles. The van der Waals surface area contributed by atoms with Crippen LogP contribution in [0.3, 0.4) is 0 Å². The van der Waals surface area contributed by atoms with Crippen LogP contribution in [-0.2, 0) is 24.4 Å². The van der Waals surface area contributed by atoms with E-state index in [9.17, 15) is 22.8 Å². The second-order valence-electron chi connectivity index (χ2n) is 8.80. The standard InChI is InChI=1S/C22H25N3O5S/c26-18(13-25-21(27)19-14-4-5-15(12-14)20(19)22(25)28)23-16-6-8-17(9-7-16)31(29,30)24-10-2-1-3-11-24/h4-9,14-15,19-20H,1-3,10-13H2,(H,23,26)/t14-,15-,19-,20+/m0/s1. The average molecular weight is 444 g/mol. The minimum Gasteiger partial charge on any atom is -0.325 e. The Kier molecular flexibility index (Phi) is 4.97. The highest BCUT2D eigenvalue weighted by molar-refractivity contribution is 7.89. The van der Waals surface area contributed by atoms with Crippen molar-refractivity contribution in [3.8, 4) is 0 Å². The monoisotopic (exact) mass is 443 g/mol. The number of carbonyl (C=O) groups is 3. The molecule has 4 atom stereocenters. The van der Waals surface area contributed by atoms with Crippen molar-refractivity contribution in [3.63, 3.8) is 0 Å². The van der Waals surface area contributed by atoms with Gasteiger partial charge in [0.25, 0.3) is 0 Å². The lowest BCUT2D eigenvalue weighted by Gasteiger charge is -2.25. The lowest BCUT2D eigenvalue weighted by molar-refractivity contribution is -0.143. The zero-order valence-electron chi connectivity index (χ0n) is 17.1. The molecule has 2 heterocycles. The number of likely N-dealkylation sites (tertiary alicyclic amines) is 1. The smallest absolute Gasteiger partial charge is 0.244 e. The van der Waals surface area contributed by atoms with Gasteiger partial charge in [-0.1, -0.05) is 18.6 Å². The molecule has 2 saturated heterocycles. The number of fused-ring (bicyclic) bond motifs is 5. The Morgan fingerprint density at radius 3 is 2.10 bits per heavy atom. The summed E-state index contributed by atoms with van der Waals surface area (Å²) in [6.45, 7) is 0.730. The number of hydrogen-bond acceptors (Lipinski definition) is 5. The van der Waals surface area contributed by atoms with Gasteiger partial charge in [0.2, 0.25) is 27.7 Å². The predicted octanol–water partition coefficient (Wildman–Crippen LogP) is 1.61. The Morgan fingerprint density at radius 1 is 0.935 bits per heavy atom. The first kappa shape index (κ1) is 20.4. The number of allylic oxidation sites excluding steroid dienone is 2. The number of rotatable bonds is 5. The molecule has 0 radical (unpaired) electrons. The van der Waals surface area contributed by atoms with Crippen molar-refractivity contribution in [2.75, 3.05) is 25.0 Å². The van der Waals surface area contributed by atoms with Crippen LogP contribution in [0.15, 0.2) is 41.3 Å². The molecule has 1 aromatic rings. The maximum absolute atomic E-state index is 12.7. The second kappa shape index (κ2) is 7.56. The molecular formula is C22H25N3O5S. The summed E-state index contributed by atoms with van der Waals surface area (Å²) in [5, 5.41) is 2.66. The van der Waals surface area contributed by atoms with Crippen LogP contribution in [0.5, 0.6) is 0 Å². The summed E-state index contributed by atoms with van der Waals surface area (Å²) < 4.78 is 27.0. The van der Waals surface area contributed by atoms with Gasteiger partial charge in [-0.15, -0.1) is 0 Å². The number of nitrogens with one attached hydrogen (secondary N) is 1. The zero-order valence-corrected chi connectivity index (χ0v) is 17.9. The van der Waals surface area contributed by atoms with Crippen LogP contribution < -0.4 is 5.32 Å². The topological polar surface area (TPSA) is 104 Å². The van der Waals surface area contributed by atoms with E-state index in [1.807, 2.05) is 12.2 Å². The van der Waals surface area contributed by atoms with Gasteiger partial charge < -0.3 is 5.32 Å². The van der Waals surface area contributed by atoms with Crippen molar-refractivity contribution < 1.29 is 22.8 Å². The third-order valence-corrected chi connectivity index (χ3v) is 8.87. The van der Waals surface area contributed by atoms with E-state index in [4.69, 9.17) is 0 Å². The molecule has 9 heteroatoms. The van der Waals surface area contributed by atoms with E-state index < -0.39 is 15.9 Å². The van der Waals surface area contributed by atoms with Crippen LogP contribution in [0.2, 0.25) is 0 Å². The Labute approximate surface area is 181 Å². The first-order chi connectivity index (χ1) is 14.9. The molecular weight excluding hydrogens is 418 g/mol. The number of carbonyl (C=O) groups excluding carboxylic acids is 3. The van der Waals surface area contributed by atoms with Crippen molar-refractivity contribution in [1.29, 1.82) is 0 Å². The summed E-state index contributed by atoms with van der Waals surface area (Å²) in [7, 11) is -3.54. The van der Waals surface area contributed by atoms with Gasteiger partial charge in [0.05, 0.1) is 16.7 Å². The molecule has 1 N–H and O–H groups in total. The fraction of sp³-hybridized carbons (Fsp3) is 0.500. The fourth-order valence-corrected chi connectivity index (χ4v) is 6.95. The Balaban J connectivity index is 1.22. The highest BCUT2D eigenvalue weighted by Gasteiger charge is 2.59. The lowest BCUT2D eigenvalue weighted by Crippen LogP contribution is -2.39. The summed E-state index contributed by atoms with van der Waals surface area (Å²) in [5.41, 5.74) is 0.420. The van der Waals surface area contributed by atoms with Crippen LogP contribution in [-0.4, -0.2) is 55.0 Å². The molecule has 8 nitrogen and oxygen atoms in total. The van der Waals surface area contributed by atoms with E-state index in [2.05, 4.69) is 5.32 Å². The molecule has 4 aliphatic rings. The molecule has 0 unspecified atom stereocenters. The molecule has 2 aliphatic carbocycles. The molecule has 164 valence electrons. The van der Waals surface area contributed by atoms with Gasteiger partial charge in [0.15, 0.2) is 0 Å². The van der Waals surface area contributed by atoms with Gasteiger partial charge in [-0.05, 0) is 55.4 Å². The number of amides is 3. The van der Waals surface area contributed by atoms with Crippen LogP contribution in [0.4, 0.5) is 5.69 Å². The van der Waals surface area contributed by atoms with Gasteiger partial charge in [-0.2, -0.15) is 4.31 Å². The fourth-order valence-electron chi connectivity index (χ4n) is 5.43. The van der Waals surface area contributed by atoms with Crippen LogP contribution >= 0.6 is 0 Å². The molecule has 5 rings (SSSR count). The van der Waals surface area contributed by atoms with E-state index in [1.54, 1.807) is 0 Å². The first-order valence-electron chi connectivity index (χ1n) is 10.8. The Hall–Kier alpha value is -2.52. The van der Waals surface area contributed by atoms with Crippen LogP contribution in [0.25, 0.3) is 0 Å². The van der Waals surface area contributed by atoms with Crippen molar-refractivity contribution in [3.05, 3.63) is 36.4 Å². The summed E-state index contributed by atoms with van der Waals surface area (Å²) in [6, 6.07) is 6.00. The highest BCUT2D eigenvalue weighted by Crippen LogP contribution is 2.52. The van der Waals surface area contributed by atoms with Crippen molar-refractivity contribution in [2.45, 2.75) is 30.6 Å². The molecule has 0 spiro atoms. The molecule has 1 saturated carbocycles. The summed E-state index contributed by atoms with van der Waals surface area (Å²) in [5.74, 6) is -1.43. The van der Waals surface area contributed by atoms with E-state index in [0.717, 1.165) is 30.6 Å². The molecule has 3 fully saturated rings. The number of sulfonamides is 1. The number of piperidine rings is 1. The average Bonchev–Trinajstić information content (AvgIpc) is 3.45. The summed E-state index contributed by atoms with van der Waals surface area (Å²) in [4.78, 5) is 39.2. The largest absolute Gasteiger partial charge is 0.325 e. The molecule has 1 aromatic carbocycles. The Morgan fingerprint density at radius 2 is 1.52 bits per heavy atom. The second-order valence-corrected chi connectivity index (χ2v) is 10.7. The maximum Gasteiger partial charge on any atom is 0.244 e. The maximum atomic E-state index is 12.7. The predicted molar refractivity (Wildman–Crippen MR) is 112 cm³/mol. The summed E-state index contributed by atoms with van der Waals surface area (Å²) >= 11 is 0. The van der Waals surface area contributed by atoms with Crippen molar-refractivity contribution in [1.82, 2.24) is 9.21 Å². The van der Waals surface area contributed by atoms with Gasteiger partial charge in [-0.3, -0.25) is 19.3 Å². The normalized spacial score (nSPS) is 30.1. The molecule has 2 bridgehead atoms. The zero-order chi connectivity index (χ0) is 21.8. The SMILES string of the molecule is O=C(CN1C(=O)[C@@H]2[C@H](C1=O)[C@H]1C=C[C@H]2C1)Nc1ccc(S(=O)(=O)N2CCCCC2)cc1. The first-order valence-corrected chi connectivity index (χ1v) is 12.2. The molecule has 0 aromatic heterocycles. The van der Waals surface area contributed by atoms with Gasteiger partial charge in [0, 0.05) is 18.8 Å². The van der Waals surface area contributed by atoms with Crippen LogP contribution in [0.1, 0.15) is 25.7 Å². The van der Waals surface area contributed by atoms with Gasteiger partial charge >= 0.3 is 0 Å². The quantitative estimate of drug-likeness (QED) is 0.550. The minimum atomic E-state index is -3.54. The third-order valence-electron chi connectivity index (χ3n) is 6.95. The molecule has 31 heavy (non-hydrogen) atoms. The number of imide groups is 1. The van der Waals surface area contributed by atoms with Crippen molar-refractivity contribution in [2.24, 2.45) is 23.7 Å². The number of hydrogen-bond donors (Lipinski definition) is 1. The van der Waals surface area contributed by atoms with Gasteiger partial charge in [-0.25, -0.2) is 8.42 Å². The van der Waals surface area contributed by atoms with E-state index in [-0.39, 0.29) is 46.9 Å². The third kappa shape index (κ3) is 3.40. The van der Waals surface area contributed by atoms with Crippen LogP contribution in [0, 0.1) is 23.7 Å². The highest BCUT2D eigenvalue weighted by atomic mass is 32.2. The Bertz CT molecular complexity index is 1030. The van der Waals surface area contributed by atoms with E-state index in [1.165, 1.54) is 28.6 Å². The summed E-state index contributed by atoms with van der Waals surface area (Å²) in [6.07, 6.45) is 7.64.